The van der Waals surface area contributed by atoms with Crippen molar-refractivity contribution >= 4 is 11.9 Å². The minimum Gasteiger partial charge on any atom is -0.406 e. The topological polar surface area (TPSA) is 118 Å². The van der Waals surface area contributed by atoms with Crippen LogP contribution >= 0.6 is 0 Å². The summed E-state index contributed by atoms with van der Waals surface area (Å²) >= 11 is 0. The molecule has 2 aliphatic rings. The van der Waals surface area contributed by atoms with Gasteiger partial charge in [-0.3, -0.25) is 4.79 Å². The summed E-state index contributed by atoms with van der Waals surface area (Å²) in [6, 6.07) is 8.53. The average molecular weight is 528 g/mol. The van der Waals surface area contributed by atoms with Crippen molar-refractivity contribution in [3.05, 3.63) is 59.0 Å². The van der Waals surface area contributed by atoms with Crippen LogP contribution in [0.1, 0.15) is 59.0 Å². The van der Waals surface area contributed by atoms with Gasteiger partial charge in [-0.15, -0.1) is 18.3 Å². The standard InChI is InChI=1S/C25H24F3N7O3/c1-15(31-23(36)19-10-18(17-3-4-17)11-20(12-19)38-25(26,27)28)22-32-24(34-6-8-37-9-7-34)33-35(22)21-5-2-16(13-29)14-30-21/h2,5,10-12,14-15,17H,3-4,6-9H2,1H3,(H,31,36). The van der Waals surface area contributed by atoms with Gasteiger partial charge in [0.25, 0.3) is 5.91 Å². The number of benzene rings is 1. The Labute approximate surface area is 216 Å². The number of hydrogen-bond donors (Lipinski definition) is 1. The zero-order valence-electron chi connectivity index (χ0n) is 20.4. The molecular formula is C25H24F3N7O3. The molecule has 1 saturated heterocycles. The summed E-state index contributed by atoms with van der Waals surface area (Å²) in [4.78, 5) is 24.1. The minimum atomic E-state index is -4.87. The molecular weight excluding hydrogens is 503 g/mol. The van der Waals surface area contributed by atoms with E-state index in [2.05, 4.69) is 25.1 Å². The molecule has 1 aliphatic carbocycles. The van der Waals surface area contributed by atoms with Crippen LogP contribution < -0.4 is 15.0 Å². The smallest absolute Gasteiger partial charge is 0.406 e. The minimum absolute atomic E-state index is 0.0523. The second-order valence-corrected chi connectivity index (χ2v) is 9.11. The molecule has 1 N–H and O–H groups in total. The predicted octanol–water partition coefficient (Wildman–Crippen LogP) is 3.64. The Morgan fingerprint density at radius 2 is 2.00 bits per heavy atom. The molecule has 1 aliphatic heterocycles. The van der Waals surface area contributed by atoms with Gasteiger partial charge in [0.15, 0.2) is 11.6 Å². The fourth-order valence-corrected chi connectivity index (χ4v) is 4.18. The number of morpholine rings is 1. The number of hydrogen-bond acceptors (Lipinski definition) is 8. The summed E-state index contributed by atoms with van der Waals surface area (Å²) in [5.41, 5.74) is 1.05. The third kappa shape index (κ3) is 5.86. The molecule has 1 atom stereocenters. The van der Waals surface area contributed by atoms with E-state index in [4.69, 9.17) is 10.00 Å². The van der Waals surface area contributed by atoms with Crippen molar-refractivity contribution in [2.75, 3.05) is 31.2 Å². The molecule has 0 spiro atoms. The number of aromatic nitrogens is 4. The van der Waals surface area contributed by atoms with E-state index in [1.165, 1.54) is 16.9 Å². The van der Waals surface area contributed by atoms with E-state index in [0.29, 0.717) is 55.0 Å². The van der Waals surface area contributed by atoms with E-state index in [0.717, 1.165) is 18.9 Å². The number of nitrogens with one attached hydrogen (secondary N) is 1. The van der Waals surface area contributed by atoms with Crippen molar-refractivity contribution in [1.29, 1.82) is 5.26 Å². The van der Waals surface area contributed by atoms with E-state index in [9.17, 15) is 18.0 Å². The Kier molecular flexibility index (Phi) is 6.90. The number of carbonyl (C=O) groups is 1. The Morgan fingerprint density at radius 1 is 1.24 bits per heavy atom. The maximum Gasteiger partial charge on any atom is 0.573 e. The zero-order chi connectivity index (χ0) is 26.9. The van der Waals surface area contributed by atoms with Crippen molar-refractivity contribution in [2.45, 2.75) is 38.1 Å². The van der Waals surface area contributed by atoms with Crippen molar-refractivity contribution in [1.82, 2.24) is 25.1 Å². The van der Waals surface area contributed by atoms with Gasteiger partial charge in [0.1, 0.15) is 11.8 Å². The molecule has 38 heavy (non-hydrogen) atoms. The Morgan fingerprint density at radius 3 is 2.63 bits per heavy atom. The third-order valence-electron chi connectivity index (χ3n) is 6.22. The zero-order valence-corrected chi connectivity index (χ0v) is 20.4. The number of anilines is 1. The highest BCUT2D eigenvalue weighted by Gasteiger charge is 2.33. The molecule has 0 radical (unpaired) electrons. The normalized spacial score (nSPS) is 16.6. The summed E-state index contributed by atoms with van der Waals surface area (Å²) in [5.74, 6) is 0.275. The number of pyridine rings is 1. The molecule has 198 valence electrons. The monoisotopic (exact) mass is 527 g/mol. The summed E-state index contributed by atoms with van der Waals surface area (Å²) < 4.78 is 49.7. The predicted molar refractivity (Wildman–Crippen MR) is 128 cm³/mol. The number of carbonyl (C=O) groups excluding carboxylic acids is 1. The lowest BCUT2D eigenvalue weighted by atomic mass is 10.1. The molecule has 10 nitrogen and oxygen atoms in total. The van der Waals surface area contributed by atoms with Gasteiger partial charge in [-0.2, -0.15) is 14.9 Å². The van der Waals surface area contributed by atoms with Crippen LogP contribution in [0.4, 0.5) is 19.1 Å². The van der Waals surface area contributed by atoms with Crippen LogP contribution in [0.3, 0.4) is 0 Å². The number of halogens is 3. The maximum absolute atomic E-state index is 13.2. The largest absolute Gasteiger partial charge is 0.573 e. The van der Waals surface area contributed by atoms with E-state index in [1.54, 1.807) is 25.1 Å². The molecule has 13 heteroatoms. The number of alkyl halides is 3. The Balaban J connectivity index is 1.44. The van der Waals surface area contributed by atoms with Crippen molar-refractivity contribution < 1.29 is 27.4 Å². The van der Waals surface area contributed by atoms with Crippen molar-refractivity contribution in [3.63, 3.8) is 0 Å². The first-order valence-corrected chi connectivity index (χ1v) is 12.1. The molecule has 3 heterocycles. The molecule has 1 amide bonds. The molecule has 1 unspecified atom stereocenters. The van der Waals surface area contributed by atoms with Gasteiger partial charge in [0.2, 0.25) is 5.95 Å². The van der Waals surface area contributed by atoms with Gasteiger partial charge < -0.3 is 19.7 Å². The fourth-order valence-electron chi connectivity index (χ4n) is 4.18. The summed E-state index contributed by atoms with van der Waals surface area (Å²) in [5, 5.41) is 16.5. The van der Waals surface area contributed by atoms with E-state index in [-0.39, 0.29) is 11.5 Å². The third-order valence-corrected chi connectivity index (χ3v) is 6.22. The highest BCUT2D eigenvalue weighted by atomic mass is 19.4. The number of amides is 1. The highest BCUT2D eigenvalue weighted by molar-refractivity contribution is 5.95. The number of rotatable bonds is 7. The van der Waals surface area contributed by atoms with Gasteiger partial charge in [-0.1, -0.05) is 0 Å². The van der Waals surface area contributed by atoms with Gasteiger partial charge >= 0.3 is 6.36 Å². The van der Waals surface area contributed by atoms with Crippen LogP contribution in [-0.2, 0) is 4.74 Å². The number of ether oxygens (including phenoxy) is 2. The summed E-state index contributed by atoms with van der Waals surface area (Å²) in [6.45, 7) is 3.90. The fraction of sp³-hybridized carbons (Fsp3) is 0.400. The lowest BCUT2D eigenvalue weighted by molar-refractivity contribution is -0.274. The van der Waals surface area contributed by atoms with Crippen molar-refractivity contribution in [3.8, 4) is 17.6 Å². The summed E-state index contributed by atoms with van der Waals surface area (Å²) in [6.07, 6.45) is -1.77. The van der Waals surface area contributed by atoms with Crippen LogP contribution in [-0.4, -0.2) is 58.3 Å². The van der Waals surface area contributed by atoms with Gasteiger partial charge in [0.05, 0.1) is 24.8 Å². The first-order chi connectivity index (χ1) is 18.2. The summed E-state index contributed by atoms with van der Waals surface area (Å²) in [7, 11) is 0. The SMILES string of the molecule is CC(NC(=O)c1cc(OC(F)(F)F)cc(C2CC2)c1)c1nc(N2CCOCC2)nn1-c1ccc(C#N)cn1. The van der Waals surface area contributed by atoms with Gasteiger partial charge in [-0.05, 0) is 61.6 Å². The van der Waals surface area contributed by atoms with Crippen LogP contribution in [0.5, 0.6) is 5.75 Å². The van der Waals surface area contributed by atoms with Crippen LogP contribution in [0.25, 0.3) is 5.82 Å². The van der Waals surface area contributed by atoms with Crippen LogP contribution in [0.2, 0.25) is 0 Å². The van der Waals surface area contributed by atoms with E-state index in [1.807, 2.05) is 11.0 Å². The second kappa shape index (κ2) is 10.3. The second-order valence-electron chi connectivity index (χ2n) is 9.11. The number of nitrogens with zero attached hydrogens (tertiary/aromatic N) is 6. The molecule has 5 rings (SSSR count). The maximum atomic E-state index is 13.2. The molecule has 1 aromatic carbocycles. The van der Waals surface area contributed by atoms with Crippen LogP contribution in [0.15, 0.2) is 36.5 Å². The average Bonchev–Trinajstić information content (AvgIpc) is 3.66. The quantitative estimate of drug-likeness (QED) is 0.495. The molecule has 3 aromatic rings. The van der Waals surface area contributed by atoms with E-state index < -0.39 is 24.1 Å². The number of nitriles is 1. The molecule has 2 aromatic heterocycles. The first kappa shape index (κ1) is 25.5. The molecule has 0 bridgehead atoms. The van der Waals surface area contributed by atoms with Crippen molar-refractivity contribution in [2.24, 2.45) is 0 Å². The van der Waals surface area contributed by atoms with Gasteiger partial charge in [0, 0.05) is 24.8 Å². The Bertz CT molecular complexity index is 1360. The lowest BCUT2D eigenvalue weighted by Gasteiger charge is -2.25. The first-order valence-electron chi connectivity index (χ1n) is 12.1. The Hall–Kier alpha value is -4.18. The van der Waals surface area contributed by atoms with Crippen LogP contribution in [0, 0.1) is 11.3 Å². The molecule has 1 saturated carbocycles. The molecule has 2 fully saturated rings. The highest BCUT2D eigenvalue weighted by Crippen LogP contribution is 2.42. The van der Waals surface area contributed by atoms with E-state index >= 15 is 0 Å². The lowest BCUT2D eigenvalue weighted by Crippen LogP contribution is -2.37. The van der Waals surface area contributed by atoms with Gasteiger partial charge in [-0.25, -0.2) is 4.98 Å².